The molecule has 0 radical (unpaired) electrons. The number of carbonyl (C=O) groups excluding carboxylic acids is 1. The molecular weight excluding hydrogens is 242 g/mol. The Balaban J connectivity index is 2.24. The van der Waals surface area contributed by atoms with Crippen LogP contribution in [0.1, 0.15) is 19.3 Å². The van der Waals surface area contributed by atoms with Crippen LogP contribution in [-0.2, 0) is 9.53 Å². The molecule has 0 unspecified atom stereocenters. The summed E-state index contributed by atoms with van der Waals surface area (Å²) < 4.78 is 4.81. The second-order valence-electron chi connectivity index (χ2n) is 3.93. The summed E-state index contributed by atoms with van der Waals surface area (Å²) in [4.78, 5) is 21.6. The van der Waals surface area contributed by atoms with E-state index >= 15 is 0 Å². The van der Waals surface area contributed by atoms with E-state index in [1.165, 1.54) is 13.4 Å². The van der Waals surface area contributed by atoms with Crippen molar-refractivity contribution >= 4 is 23.4 Å². The molecule has 1 fully saturated rings. The molecule has 1 aromatic rings. The van der Waals surface area contributed by atoms with Crippen molar-refractivity contribution < 1.29 is 9.53 Å². The number of esters is 1. The van der Waals surface area contributed by atoms with Gasteiger partial charge in [-0.15, -0.1) is 0 Å². The third-order valence-electron chi connectivity index (χ3n) is 2.89. The summed E-state index contributed by atoms with van der Waals surface area (Å²) in [7, 11) is 1.40. The smallest absolute Gasteiger partial charge is 0.328 e. The molecule has 0 spiro atoms. The van der Waals surface area contributed by atoms with Gasteiger partial charge in [0, 0.05) is 12.6 Å². The Morgan fingerprint density at radius 1 is 1.53 bits per heavy atom. The van der Waals surface area contributed by atoms with Gasteiger partial charge in [-0.3, -0.25) is 0 Å². The molecule has 1 aromatic heterocycles. The molecule has 1 aliphatic heterocycles. The van der Waals surface area contributed by atoms with E-state index in [4.69, 9.17) is 16.3 Å². The van der Waals surface area contributed by atoms with Crippen molar-refractivity contribution in [2.75, 3.05) is 18.6 Å². The minimum Gasteiger partial charge on any atom is -0.467 e. The van der Waals surface area contributed by atoms with Crippen molar-refractivity contribution in [3.8, 4) is 0 Å². The lowest BCUT2D eigenvalue weighted by molar-refractivity contribution is -0.142. The van der Waals surface area contributed by atoms with E-state index in [1.54, 1.807) is 6.07 Å². The van der Waals surface area contributed by atoms with Gasteiger partial charge in [-0.05, 0) is 19.3 Å². The maximum Gasteiger partial charge on any atom is 0.328 e. The van der Waals surface area contributed by atoms with Gasteiger partial charge in [-0.2, -0.15) is 0 Å². The van der Waals surface area contributed by atoms with Crippen LogP contribution < -0.4 is 4.90 Å². The number of hydrogen-bond acceptors (Lipinski definition) is 5. The summed E-state index contributed by atoms with van der Waals surface area (Å²) in [5, 5.41) is 0.379. The average molecular weight is 256 g/mol. The van der Waals surface area contributed by atoms with Gasteiger partial charge in [0.2, 0.25) is 0 Å². The normalized spacial score (nSPS) is 20.1. The summed E-state index contributed by atoms with van der Waals surface area (Å²) in [6, 6.07) is 1.41. The Labute approximate surface area is 105 Å². The summed E-state index contributed by atoms with van der Waals surface area (Å²) in [5.74, 6) is 0.458. The lowest BCUT2D eigenvalue weighted by Crippen LogP contribution is -2.45. The Morgan fingerprint density at radius 2 is 2.35 bits per heavy atom. The second-order valence-corrected chi connectivity index (χ2v) is 4.31. The van der Waals surface area contributed by atoms with Gasteiger partial charge in [-0.25, -0.2) is 14.8 Å². The topological polar surface area (TPSA) is 55.3 Å². The molecule has 0 saturated carbocycles. The first-order valence-electron chi connectivity index (χ1n) is 5.54. The van der Waals surface area contributed by atoms with Gasteiger partial charge in [0.15, 0.2) is 0 Å². The van der Waals surface area contributed by atoms with E-state index in [0.29, 0.717) is 11.0 Å². The Hall–Kier alpha value is -1.36. The molecule has 1 saturated heterocycles. The maximum atomic E-state index is 11.7. The van der Waals surface area contributed by atoms with Crippen LogP contribution in [-0.4, -0.2) is 35.6 Å². The third kappa shape index (κ3) is 2.66. The van der Waals surface area contributed by atoms with Gasteiger partial charge >= 0.3 is 5.97 Å². The molecule has 0 aromatic carbocycles. The molecule has 1 atom stereocenters. The van der Waals surface area contributed by atoms with Gasteiger partial charge in [0.25, 0.3) is 0 Å². The molecule has 0 amide bonds. The molecule has 2 rings (SSSR count). The summed E-state index contributed by atoms with van der Waals surface area (Å²) in [6.45, 7) is 0.785. The molecule has 0 aliphatic carbocycles. The molecule has 2 heterocycles. The third-order valence-corrected chi connectivity index (χ3v) is 3.10. The molecular formula is C11H14ClN3O2. The van der Waals surface area contributed by atoms with E-state index in [1.807, 2.05) is 4.90 Å². The second kappa shape index (κ2) is 5.31. The fourth-order valence-electron chi connectivity index (χ4n) is 2.07. The van der Waals surface area contributed by atoms with Crippen LogP contribution in [0.25, 0.3) is 0 Å². The van der Waals surface area contributed by atoms with Crippen LogP contribution >= 0.6 is 11.6 Å². The minimum absolute atomic E-state index is 0.223. The van der Waals surface area contributed by atoms with Gasteiger partial charge in [0.1, 0.15) is 23.3 Å². The summed E-state index contributed by atoms with van der Waals surface area (Å²) in [5.41, 5.74) is 0. The van der Waals surface area contributed by atoms with Crippen LogP contribution in [0, 0.1) is 0 Å². The quantitative estimate of drug-likeness (QED) is 0.594. The van der Waals surface area contributed by atoms with Gasteiger partial charge in [0.05, 0.1) is 7.11 Å². The van der Waals surface area contributed by atoms with E-state index in [-0.39, 0.29) is 12.0 Å². The highest BCUT2D eigenvalue weighted by Gasteiger charge is 2.30. The SMILES string of the molecule is COC(=O)[C@@H]1CCCCN1c1cc(Cl)ncn1. The highest BCUT2D eigenvalue weighted by atomic mass is 35.5. The fourth-order valence-corrected chi connectivity index (χ4v) is 2.21. The monoisotopic (exact) mass is 255 g/mol. The highest BCUT2D eigenvalue weighted by Crippen LogP contribution is 2.24. The number of hydrogen-bond donors (Lipinski definition) is 0. The number of carbonyl (C=O) groups is 1. The van der Waals surface area contributed by atoms with E-state index in [2.05, 4.69) is 9.97 Å². The number of rotatable bonds is 2. The fraction of sp³-hybridized carbons (Fsp3) is 0.545. The van der Waals surface area contributed by atoms with Crippen LogP contribution in [0.2, 0.25) is 5.15 Å². The van der Waals surface area contributed by atoms with Crippen molar-refractivity contribution in [1.29, 1.82) is 0 Å². The lowest BCUT2D eigenvalue weighted by atomic mass is 10.0. The Morgan fingerprint density at radius 3 is 3.06 bits per heavy atom. The van der Waals surface area contributed by atoms with Crippen molar-refractivity contribution in [1.82, 2.24) is 9.97 Å². The van der Waals surface area contributed by atoms with E-state index < -0.39 is 0 Å². The molecule has 5 nitrogen and oxygen atoms in total. The minimum atomic E-state index is -0.264. The lowest BCUT2D eigenvalue weighted by Gasteiger charge is -2.34. The van der Waals surface area contributed by atoms with Crippen molar-refractivity contribution in [2.45, 2.75) is 25.3 Å². The highest BCUT2D eigenvalue weighted by molar-refractivity contribution is 6.29. The van der Waals surface area contributed by atoms with Crippen LogP contribution in [0.4, 0.5) is 5.82 Å². The van der Waals surface area contributed by atoms with Crippen molar-refractivity contribution in [2.24, 2.45) is 0 Å². The van der Waals surface area contributed by atoms with Crippen LogP contribution in [0.3, 0.4) is 0 Å². The largest absolute Gasteiger partial charge is 0.467 e. The zero-order valence-corrected chi connectivity index (χ0v) is 10.4. The molecule has 1 aliphatic rings. The van der Waals surface area contributed by atoms with Gasteiger partial charge < -0.3 is 9.64 Å². The first-order valence-corrected chi connectivity index (χ1v) is 5.92. The van der Waals surface area contributed by atoms with Crippen molar-refractivity contribution in [3.05, 3.63) is 17.5 Å². The summed E-state index contributed by atoms with van der Waals surface area (Å²) in [6.07, 6.45) is 4.25. The standard InChI is InChI=1S/C11H14ClN3O2/c1-17-11(16)8-4-2-3-5-15(8)10-6-9(12)13-7-14-10/h6-8H,2-5H2,1H3/t8-/m0/s1. The zero-order chi connectivity index (χ0) is 12.3. The molecule has 92 valence electrons. The number of methoxy groups -OCH3 is 1. The predicted molar refractivity (Wildman–Crippen MR) is 64.0 cm³/mol. The molecule has 0 N–H and O–H groups in total. The van der Waals surface area contributed by atoms with E-state index in [0.717, 1.165) is 25.8 Å². The Kier molecular flexibility index (Phi) is 3.78. The number of anilines is 1. The molecule has 6 heteroatoms. The number of piperidine rings is 1. The molecule has 17 heavy (non-hydrogen) atoms. The number of nitrogens with zero attached hydrogens (tertiary/aromatic N) is 3. The zero-order valence-electron chi connectivity index (χ0n) is 9.60. The number of aromatic nitrogens is 2. The van der Waals surface area contributed by atoms with Crippen molar-refractivity contribution in [3.63, 3.8) is 0 Å². The first kappa shape index (κ1) is 12.1. The number of halogens is 1. The van der Waals surface area contributed by atoms with Gasteiger partial charge in [-0.1, -0.05) is 11.6 Å². The van der Waals surface area contributed by atoms with Crippen LogP contribution in [0.5, 0.6) is 0 Å². The van der Waals surface area contributed by atoms with Crippen LogP contribution in [0.15, 0.2) is 12.4 Å². The number of ether oxygens (including phenoxy) is 1. The molecule has 0 bridgehead atoms. The first-order chi connectivity index (χ1) is 8.22. The Bertz CT molecular complexity index is 413. The van der Waals surface area contributed by atoms with E-state index in [9.17, 15) is 4.79 Å². The average Bonchev–Trinajstić information content (AvgIpc) is 2.38. The predicted octanol–water partition coefficient (Wildman–Crippen LogP) is 1.66. The maximum absolute atomic E-state index is 11.7. The summed E-state index contributed by atoms with van der Waals surface area (Å²) >= 11 is 5.83.